The van der Waals surface area contributed by atoms with E-state index in [4.69, 9.17) is 0 Å². The van der Waals surface area contributed by atoms with Gasteiger partial charge in [-0.2, -0.15) is 5.10 Å². The van der Waals surface area contributed by atoms with Gasteiger partial charge in [0.25, 0.3) is 5.91 Å². The highest BCUT2D eigenvalue weighted by Gasteiger charge is 2.14. The van der Waals surface area contributed by atoms with Crippen LogP contribution in [-0.2, 0) is 0 Å². The fourth-order valence-electron chi connectivity index (χ4n) is 1.96. The number of hydrazone groups is 1. The molecule has 0 aromatic carbocycles. The van der Waals surface area contributed by atoms with E-state index in [0.717, 1.165) is 18.6 Å². The smallest absolute Gasteiger partial charge is 0.266 e. The van der Waals surface area contributed by atoms with Crippen molar-refractivity contribution >= 4 is 23.0 Å². The lowest BCUT2D eigenvalue weighted by molar-refractivity contribution is 0.0958. The topological polar surface area (TPSA) is 41.5 Å². The number of rotatable bonds is 2. The fraction of sp³-hybridized carbons (Fsp3) is 0.500. The Morgan fingerprint density at radius 2 is 2.50 bits per heavy atom. The summed E-state index contributed by atoms with van der Waals surface area (Å²) in [6.45, 7) is 2.23. The van der Waals surface area contributed by atoms with Crippen LogP contribution in [-0.4, -0.2) is 11.6 Å². The standard InChI is InChI=1S/C12H16N2OS/c1-9-4-2-5-10(8-9)13-14-12(15)11-6-3-7-16-11/h3,6-7,9H,2,4-5,8H2,1H3,(H,14,15). The first-order valence-corrected chi connectivity index (χ1v) is 6.53. The number of carbonyl (C=O) groups is 1. The highest BCUT2D eigenvalue weighted by molar-refractivity contribution is 7.12. The summed E-state index contributed by atoms with van der Waals surface area (Å²) >= 11 is 1.44. The van der Waals surface area contributed by atoms with Crippen molar-refractivity contribution in [3.05, 3.63) is 22.4 Å². The number of amides is 1. The van der Waals surface area contributed by atoms with Gasteiger partial charge in [0.05, 0.1) is 4.88 Å². The number of nitrogens with zero attached hydrogens (tertiary/aromatic N) is 1. The van der Waals surface area contributed by atoms with Crippen LogP contribution in [0.15, 0.2) is 22.6 Å². The van der Waals surface area contributed by atoms with Gasteiger partial charge in [0.1, 0.15) is 0 Å². The summed E-state index contributed by atoms with van der Waals surface area (Å²) in [6, 6.07) is 3.68. The predicted octanol–water partition coefficient (Wildman–Crippen LogP) is 3.04. The van der Waals surface area contributed by atoms with Crippen LogP contribution in [0.2, 0.25) is 0 Å². The molecular formula is C12H16N2OS. The number of hydrogen-bond donors (Lipinski definition) is 1. The summed E-state index contributed by atoms with van der Waals surface area (Å²) in [5, 5.41) is 6.11. The van der Waals surface area contributed by atoms with Gasteiger partial charge in [-0.3, -0.25) is 4.79 Å². The average molecular weight is 236 g/mol. The van der Waals surface area contributed by atoms with E-state index in [-0.39, 0.29) is 5.91 Å². The average Bonchev–Trinajstić information content (AvgIpc) is 2.79. The van der Waals surface area contributed by atoms with Crippen molar-refractivity contribution in [2.75, 3.05) is 0 Å². The van der Waals surface area contributed by atoms with Crippen LogP contribution in [0.4, 0.5) is 0 Å². The maximum atomic E-state index is 11.6. The molecule has 0 spiro atoms. The molecule has 1 aliphatic rings. The van der Waals surface area contributed by atoms with Gasteiger partial charge in [0.2, 0.25) is 0 Å². The fourth-order valence-corrected chi connectivity index (χ4v) is 2.57. The first-order chi connectivity index (χ1) is 7.75. The van der Waals surface area contributed by atoms with Crippen molar-refractivity contribution in [1.29, 1.82) is 0 Å². The van der Waals surface area contributed by atoms with Crippen LogP contribution >= 0.6 is 11.3 Å². The molecule has 1 N–H and O–H groups in total. The second-order valence-electron chi connectivity index (χ2n) is 4.30. The van der Waals surface area contributed by atoms with Crippen LogP contribution in [0.5, 0.6) is 0 Å². The minimum atomic E-state index is -0.0965. The molecule has 1 aromatic heterocycles. The molecule has 86 valence electrons. The van der Waals surface area contributed by atoms with Gasteiger partial charge in [0, 0.05) is 5.71 Å². The van der Waals surface area contributed by atoms with Crippen molar-refractivity contribution in [3.8, 4) is 0 Å². The highest BCUT2D eigenvalue weighted by atomic mass is 32.1. The van der Waals surface area contributed by atoms with Gasteiger partial charge in [0.15, 0.2) is 0 Å². The molecule has 0 saturated heterocycles. The molecule has 3 nitrogen and oxygen atoms in total. The lowest BCUT2D eigenvalue weighted by atomic mass is 9.89. The third-order valence-electron chi connectivity index (χ3n) is 2.81. The largest absolute Gasteiger partial charge is 0.281 e. The number of nitrogens with one attached hydrogen (secondary N) is 1. The first kappa shape index (κ1) is 11.3. The van der Waals surface area contributed by atoms with Gasteiger partial charge < -0.3 is 0 Å². The number of carbonyl (C=O) groups excluding carboxylic acids is 1. The minimum absolute atomic E-state index is 0.0965. The zero-order chi connectivity index (χ0) is 11.4. The van der Waals surface area contributed by atoms with Gasteiger partial charge >= 0.3 is 0 Å². The maximum absolute atomic E-state index is 11.6. The molecule has 0 aliphatic heterocycles. The maximum Gasteiger partial charge on any atom is 0.281 e. The second-order valence-corrected chi connectivity index (χ2v) is 5.25. The SMILES string of the molecule is CC1CCCC(=NNC(=O)c2cccs2)C1. The molecule has 16 heavy (non-hydrogen) atoms. The molecule has 1 fully saturated rings. The van der Waals surface area contributed by atoms with E-state index in [0.29, 0.717) is 10.8 Å². The third kappa shape index (κ3) is 2.92. The Morgan fingerprint density at radius 1 is 1.62 bits per heavy atom. The molecule has 1 atom stereocenters. The predicted molar refractivity (Wildman–Crippen MR) is 66.9 cm³/mol. The summed E-state index contributed by atoms with van der Waals surface area (Å²) in [5.74, 6) is 0.604. The quantitative estimate of drug-likeness (QED) is 0.788. The summed E-state index contributed by atoms with van der Waals surface area (Å²) in [6.07, 6.45) is 4.51. The van der Waals surface area contributed by atoms with E-state index in [9.17, 15) is 4.79 Å². The first-order valence-electron chi connectivity index (χ1n) is 5.65. The van der Waals surface area contributed by atoms with Gasteiger partial charge in [-0.15, -0.1) is 11.3 Å². The normalized spacial score (nSPS) is 23.3. The van der Waals surface area contributed by atoms with E-state index in [1.807, 2.05) is 17.5 Å². The van der Waals surface area contributed by atoms with Crippen LogP contribution in [0, 0.1) is 5.92 Å². The molecule has 1 heterocycles. The van der Waals surface area contributed by atoms with Crippen molar-refractivity contribution in [3.63, 3.8) is 0 Å². The van der Waals surface area contributed by atoms with Crippen LogP contribution < -0.4 is 5.43 Å². The van der Waals surface area contributed by atoms with Crippen LogP contribution in [0.3, 0.4) is 0 Å². The number of thiophene rings is 1. The Labute approximate surface area is 99.6 Å². The molecule has 1 unspecified atom stereocenters. The van der Waals surface area contributed by atoms with E-state index < -0.39 is 0 Å². The molecule has 2 rings (SSSR count). The zero-order valence-electron chi connectivity index (χ0n) is 9.40. The van der Waals surface area contributed by atoms with Crippen molar-refractivity contribution in [2.24, 2.45) is 11.0 Å². The second kappa shape index (κ2) is 5.25. The molecule has 0 bridgehead atoms. The lowest BCUT2D eigenvalue weighted by Gasteiger charge is -2.18. The Bertz CT molecular complexity index is 384. The van der Waals surface area contributed by atoms with E-state index in [1.165, 1.54) is 24.2 Å². The van der Waals surface area contributed by atoms with E-state index in [2.05, 4.69) is 17.5 Å². The van der Waals surface area contributed by atoms with Crippen LogP contribution in [0.1, 0.15) is 42.3 Å². The van der Waals surface area contributed by atoms with E-state index >= 15 is 0 Å². The van der Waals surface area contributed by atoms with Crippen molar-refractivity contribution < 1.29 is 4.79 Å². The molecule has 4 heteroatoms. The summed E-state index contributed by atoms with van der Waals surface area (Å²) in [5.41, 5.74) is 3.76. The van der Waals surface area contributed by atoms with Crippen molar-refractivity contribution in [1.82, 2.24) is 5.43 Å². The lowest BCUT2D eigenvalue weighted by Crippen LogP contribution is -2.21. The van der Waals surface area contributed by atoms with Gasteiger partial charge in [-0.25, -0.2) is 5.43 Å². The molecular weight excluding hydrogens is 220 g/mol. The number of hydrogen-bond acceptors (Lipinski definition) is 3. The zero-order valence-corrected chi connectivity index (χ0v) is 10.2. The molecule has 0 radical (unpaired) electrons. The Hall–Kier alpha value is -1.16. The summed E-state index contributed by atoms with van der Waals surface area (Å²) in [7, 11) is 0. The molecule has 1 amide bonds. The molecule has 1 aliphatic carbocycles. The Kier molecular flexibility index (Phi) is 3.72. The van der Waals surface area contributed by atoms with Crippen LogP contribution in [0.25, 0.3) is 0 Å². The Balaban J connectivity index is 1.91. The van der Waals surface area contributed by atoms with Gasteiger partial charge in [-0.05, 0) is 43.0 Å². The summed E-state index contributed by atoms with van der Waals surface area (Å²) in [4.78, 5) is 12.3. The van der Waals surface area contributed by atoms with E-state index in [1.54, 1.807) is 0 Å². The monoisotopic (exact) mass is 236 g/mol. The highest BCUT2D eigenvalue weighted by Crippen LogP contribution is 2.21. The van der Waals surface area contributed by atoms with Crippen molar-refractivity contribution in [2.45, 2.75) is 32.6 Å². The molecule has 1 aromatic rings. The molecule has 1 saturated carbocycles. The Morgan fingerprint density at radius 3 is 3.19 bits per heavy atom. The summed E-state index contributed by atoms with van der Waals surface area (Å²) < 4.78 is 0. The van der Waals surface area contributed by atoms with Gasteiger partial charge in [-0.1, -0.05) is 13.0 Å². The third-order valence-corrected chi connectivity index (χ3v) is 3.68. The minimum Gasteiger partial charge on any atom is -0.266 e.